The van der Waals surface area contributed by atoms with Gasteiger partial charge in [0.15, 0.2) is 5.60 Å². The van der Waals surface area contributed by atoms with E-state index in [-0.39, 0.29) is 12.0 Å². The summed E-state index contributed by atoms with van der Waals surface area (Å²) in [6.07, 6.45) is 0.651. The quantitative estimate of drug-likeness (QED) is 0.635. The van der Waals surface area contributed by atoms with E-state index in [1.54, 1.807) is 21.1 Å². The van der Waals surface area contributed by atoms with Crippen LogP contribution in [0.15, 0.2) is 0 Å². The molecule has 0 aromatic carbocycles. The number of nitrogens with one attached hydrogen (secondary N) is 1. The van der Waals surface area contributed by atoms with Gasteiger partial charge in [-0.3, -0.25) is 4.79 Å². The zero-order valence-electron chi connectivity index (χ0n) is 7.72. The SMILES string of the molecule is CNC(=O)C1(C)OCCC1OC. The van der Waals surface area contributed by atoms with E-state index in [0.29, 0.717) is 6.61 Å². The molecule has 0 aromatic rings. The first-order chi connectivity index (χ1) is 5.65. The van der Waals surface area contributed by atoms with Crippen molar-refractivity contribution < 1.29 is 14.3 Å². The maximum Gasteiger partial charge on any atom is 0.254 e. The first kappa shape index (κ1) is 9.48. The van der Waals surface area contributed by atoms with E-state index in [9.17, 15) is 4.79 Å². The fourth-order valence-corrected chi connectivity index (χ4v) is 1.55. The van der Waals surface area contributed by atoms with Crippen LogP contribution in [0, 0.1) is 0 Å². The van der Waals surface area contributed by atoms with Gasteiger partial charge in [-0.15, -0.1) is 0 Å². The van der Waals surface area contributed by atoms with E-state index in [1.807, 2.05) is 0 Å². The second-order valence-electron chi connectivity index (χ2n) is 3.05. The maximum absolute atomic E-state index is 11.4. The van der Waals surface area contributed by atoms with Crippen molar-refractivity contribution in [3.05, 3.63) is 0 Å². The fraction of sp³-hybridized carbons (Fsp3) is 0.875. The minimum Gasteiger partial charge on any atom is -0.378 e. The van der Waals surface area contributed by atoms with Gasteiger partial charge in [-0.1, -0.05) is 0 Å². The molecule has 1 fully saturated rings. The Bertz CT molecular complexity index is 183. The number of amides is 1. The summed E-state index contributed by atoms with van der Waals surface area (Å²) in [4.78, 5) is 11.4. The van der Waals surface area contributed by atoms with E-state index in [1.165, 1.54) is 0 Å². The van der Waals surface area contributed by atoms with Crippen LogP contribution >= 0.6 is 0 Å². The molecule has 1 saturated heterocycles. The summed E-state index contributed by atoms with van der Waals surface area (Å²) < 4.78 is 10.5. The Hall–Kier alpha value is -0.610. The molecule has 1 aliphatic heterocycles. The molecule has 4 nitrogen and oxygen atoms in total. The first-order valence-electron chi connectivity index (χ1n) is 4.04. The summed E-state index contributed by atoms with van der Waals surface area (Å²) in [6.45, 7) is 2.34. The van der Waals surface area contributed by atoms with Gasteiger partial charge in [0.2, 0.25) is 0 Å². The molecule has 70 valence electrons. The van der Waals surface area contributed by atoms with Gasteiger partial charge in [-0.25, -0.2) is 0 Å². The molecule has 0 bridgehead atoms. The monoisotopic (exact) mass is 173 g/mol. The fourth-order valence-electron chi connectivity index (χ4n) is 1.55. The largest absolute Gasteiger partial charge is 0.378 e. The Labute approximate surface area is 72.2 Å². The van der Waals surface area contributed by atoms with Crippen molar-refractivity contribution in [3.63, 3.8) is 0 Å². The van der Waals surface area contributed by atoms with Crippen molar-refractivity contribution in [2.45, 2.75) is 25.0 Å². The number of rotatable bonds is 2. The predicted molar refractivity (Wildman–Crippen MR) is 43.8 cm³/mol. The van der Waals surface area contributed by atoms with Gasteiger partial charge in [0.05, 0.1) is 12.7 Å². The van der Waals surface area contributed by atoms with Gasteiger partial charge in [-0.05, 0) is 6.92 Å². The molecular weight excluding hydrogens is 158 g/mol. The third-order valence-corrected chi connectivity index (χ3v) is 2.36. The molecule has 0 aliphatic carbocycles. The maximum atomic E-state index is 11.4. The summed E-state index contributed by atoms with van der Waals surface area (Å²) in [5, 5.41) is 2.57. The van der Waals surface area contributed by atoms with Gasteiger partial charge in [-0.2, -0.15) is 0 Å². The molecule has 1 N–H and O–H groups in total. The molecule has 1 rings (SSSR count). The van der Waals surface area contributed by atoms with Gasteiger partial charge in [0.25, 0.3) is 5.91 Å². The van der Waals surface area contributed by atoms with E-state index in [2.05, 4.69) is 5.32 Å². The number of carbonyl (C=O) groups excluding carboxylic acids is 1. The van der Waals surface area contributed by atoms with Crippen LogP contribution in [0.3, 0.4) is 0 Å². The minimum atomic E-state index is -0.802. The molecule has 1 heterocycles. The third-order valence-electron chi connectivity index (χ3n) is 2.36. The Morgan fingerprint density at radius 3 is 2.92 bits per heavy atom. The molecule has 2 atom stereocenters. The molecule has 0 spiro atoms. The van der Waals surface area contributed by atoms with Crippen LogP contribution in [0.2, 0.25) is 0 Å². The Morgan fingerprint density at radius 2 is 2.42 bits per heavy atom. The Balaban J connectivity index is 2.74. The molecule has 12 heavy (non-hydrogen) atoms. The van der Waals surface area contributed by atoms with Crippen LogP contribution in [-0.2, 0) is 14.3 Å². The summed E-state index contributed by atoms with van der Waals surface area (Å²) >= 11 is 0. The standard InChI is InChI=1S/C8H15NO3/c1-8(7(10)9-2)6(11-3)4-5-12-8/h6H,4-5H2,1-3H3,(H,9,10). The summed E-state index contributed by atoms with van der Waals surface area (Å²) in [6, 6.07) is 0. The first-order valence-corrected chi connectivity index (χ1v) is 4.04. The Kier molecular flexibility index (Phi) is 2.69. The number of hydrogen-bond donors (Lipinski definition) is 1. The second-order valence-corrected chi connectivity index (χ2v) is 3.05. The van der Waals surface area contributed by atoms with Crippen molar-refractivity contribution in [3.8, 4) is 0 Å². The smallest absolute Gasteiger partial charge is 0.254 e. The topological polar surface area (TPSA) is 47.6 Å². The molecule has 0 radical (unpaired) electrons. The zero-order chi connectivity index (χ0) is 9.19. The lowest BCUT2D eigenvalue weighted by Gasteiger charge is -2.26. The van der Waals surface area contributed by atoms with Crippen molar-refractivity contribution >= 4 is 5.91 Å². The highest BCUT2D eigenvalue weighted by molar-refractivity contribution is 5.85. The molecule has 1 amide bonds. The lowest BCUT2D eigenvalue weighted by molar-refractivity contribution is -0.148. The number of likely N-dealkylation sites (N-methyl/N-ethyl adjacent to an activating group) is 1. The van der Waals surface area contributed by atoms with Gasteiger partial charge < -0.3 is 14.8 Å². The van der Waals surface area contributed by atoms with Crippen LogP contribution in [0.25, 0.3) is 0 Å². The van der Waals surface area contributed by atoms with Crippen LogP contribution in [0.4, 0.5) is 0 Å². The Morgan fingerprint density at radius 1 is 1.75 bits per heavy atom. The van der Waals surface area contributed by atoms with Crippen LogP contribution in [-0.4, -0.2) is 38.4 Å². The summed E-state index contributed by atoms with van der Waals surface area (Å²) in [7, 11) is 3.20. The van der Waals surface area contributed by atoms with Crippen molar-refractivity contribution in [1.29, 1.82) is 0 Å². The lowest BCUT2D eigenvalue weighted by atomic mass is 9.98. The van der Waals surface area contributed by atoms with Crippen molar-refractivity contribution in [2.75, 3.05) is 20.8 Å². The van der Waals surface area contributed by atoms with Crippen LogP contribution in [0.5, 0.6) is 0 Å². The molecule has 0 saturated carbocycles. The normalized spacial score (nSPS) is 35.1. The van der Waals surface area contributed by atoms with Gasteiger partial charge >= 0.3 is 0 Å². The predicted octanol–water partition coefficient (Wildman–Crippen LogP) is -0.0736. The molecule has 2 unspecified atom stereocenters. The molecule has 1 aliphatic rings. The summed E-state index contributed by atoms with van der Waals surface area (Å²) in [5.74, 6) is -0.119. The number of carbonyl (C=O) groups is 1. The number of methoxy groups -OCH3 is 1. The molecule has 4 heteroatoms. The van der Waals surface area contributed by atoms with E-state index in [0.717, 1.165) is 6.42 Å². The second kappa shape index (κ2) is 3.41. The third kappa shape index (κ3) is 1.32. The average molecular weight is 173 g/mol. The van der Waals surface area contributed by atoms with Crippen LogP contribution in [0.1, 0.15) is 13.3 Å². The van der Waals surface area contributed by atoms with E-state index in [4.69, 9.17) is 9.47 Å². The highest BCUT2D eigenvalue weighted by Crippen LogP contribution is 2.27. The highest BCUT2D eigenvalue weighted by atomic mass is 16.6. The number of hydrogen-bond acceptors (Lipinski definition) is 3. The van der Waals surface area contributed by atoms with E-state index < -0.39 is 5.60 Å². The number of ether oxygens (including phenoxy) is 2. The van der Waals surface area contributed by atoms with E-state index >= 15 is 0 Å². The zero-order valence-corrected chi connectivity index (χ0v) is 7.72. The molecule has 0 aromatic heterocycles. The van der Waals surface area contributed by atoms with Gasteiger partial charge in [0.1, 0.15) is 0 Å². The average Bonchev–Trinajstić information content (AvgIpc) is 2.46. The highest BCUT2D eigenvalue weighted by Gasteiger charge is 2.46. The van der Waals surface area contributed by atoms with Crippen LogP contribution < -0.4 is 5.32 Å². The summed E-state index contributed by atoms with van der Waals surface area (Å²) in [5.41, 5.74) is -0.802. The molecular formula is C8H15NO3. The van der Waals surface area contributed by atoms with Crippen molar-refractivity contribution in [2.24, 2.45) is 0 Å². The van der Waals surface area contributed by atoms with Gasteiger partial charge in [0, 0.05) is 20.6 Å². The minimum absolute atomic E-state index is 0.119. The van der Waals surface area contributed by atoms with Crippen molar-refractivity contribution in [1.82, 2.24) is 5.32 Å². The lowest BCUT2D eigenvalue weighted by Crippen LogP contribution is -2.50.